The molecular formula is C14H22N2O2. The van der Waals surface area contributed by atoms with E-state index in [1.54, 1.807) is 4.90 Å². The van der Waals surface area contributed by atoms with Crippen LogP contribution in [0.4, 0.5) is 10.5 Å². The van der Waals surface area contributed by atoms with Gasteiger partial charge in [-0.1, -0.05) is 19.1 Å². The van der Waals surface area contributed by atoms with Crippen molar-refractivity contribution in [2.45, 2.75) is 39.8 Å². The Morgan fingerprint density at radius 2 is 1.94 bits per heavy atom. The van der Waals surface area contributed by atoms with Gasteiger partial charge in [-0.3, -0.25) is 0 Å². The summed E-state index contributed by atoms with van der Waals surface area (Å²) >= 11 is 0. The van der Waals surface area contributed by atoms with Crippen LogP contribution in [0.1, 0.15) is 32.8 Å². The second-order valence-electron chi connectivity index (χ2n) is 4.60. The van der Waals surface area contributed by atoms with Crippen LogP contribution in [0, 0.1) is 0 Å². The number of nitrogen functional groups attached to an aromatic ring is 1. The van der Waals surface area contributed by atoms with Crippen LogP contribution >= 0.6 is 0 Å². The Bertz CT molecular complexity index is 374. The third-order valence-electron chi connectivity index (χ3n) is 2.44. The zero-order valence-corrected chi connectivity index (χ0v) is 11.3. The van der Waals surface area contributed by atoms with Crippen molar-refractivity contribution in [2.24, 2.45) is 0 Å². The van der Waals surface area contributed by atoms with Crippen LogP contribution in [-0.2, 0) is 11.3 Å². The number of carbonyl (C=O) groups excluding carboxylic acids is 1. The van der Waals surface area contributed by atoms with Crippen molar-refractivity contribution in [1.29, 1.82) is 0 Å². The predicted octanol–water partition coefficient (Wildman–Crippen LogP) is 3.03. The highest BCUT2D eigenvalue weighted by atomic mass is 16.6. The smallest absolute Gasteiger partial charge is 0.410 e. The van der Waals surface area contributed by atoms with Gasteiger partial charge in [-0.05, 0) is 38.0 Å². The number of hydrogen-bond donors (Lipinski definition) is 1. The van der Waals surface area contributed by atoms with Gasteiger partial charge in [0.2, 0.25) is 0 Å². The van der Waals surface area contributed by atoms with Gasteiger partial charge in [0.05, 0.1) is 6.10 Å². The van der Waals surface area contributed by atoms with Gasteiger partial charge in [-0.25, -0.2) is 4.79 Å². The fourth-order valence-corrected chi connectivity index (χ4v) is 1.62. The summed E-state index contributed by atoms with van der Waals surface area (Å²) in [6.07, 6.45) is 0.550. The molecule has 1 rings (SSSR count). The monoisotopic (exact) mass is 250 g/mol. The molecule has 100 valence electrons. The molecule has 2 N–H and O–H groups in total. The molecule has 0 spiro atoms. The molecule has 0 bridgehead atoms. The molecule has 0 atom stereocenters. The molecule has 0 aromatic heterocycles. The van der Waals surface area contributed by atoms with E-state index in [4.69, 9.17) is 10.5 Å². The molecule has 0 heterocycles. The topological polar surface area (TPSA) is 55.6 Å². The van der Waals surface area contributed by atoms with E-state index in [-0.39, 0.29) is 12.2 Å². The van der Waals surface area contributed by atoms with Gasteiger partial charge >= 0.3 is 6.09 Å². The van der Waals surface area contributed by atoms with Crippen LogP contribution < -0.4 is 5.73 Å². The summed E-state index contributed by atoms with van der Waals surface area (Å²) in [5.74, 6) is 0. The lowest BCUT2D eigenvalue weighted by atomic mass is 10.2. The van der Waals surface area contributed by atoms with Crippen molar-refractivity contribution >= 4 is 11.8 Å². The van der Waals surface area contributed by atoms with E-state index in [0.29, 0.717) is 13.1 Å². The van der Waals surface area contributed by atoms with Gasteiger partial charge in [0.1, 0.15) is 0 Å². The van der Waals surface area contributed by atoms with E-state index in [2.05, 4.69) is 0 Å². The van der Waals surface area contributed by atoms with Gasteiger partial charge < -0.3 is 15.4 Å². The molecule has 1 aromatic carbocycles. The second kappa shape index (κ2) is 6.89. The fraction of sp³-hybridized carbons (Fsp3) is 0.500. The quantitative estimate of drug-likeness (QED) is 0.817. The Kier molecular flexibility index (Phi) is 5.49. The Morgan fingerprint density at radius 3 is 2.44 bits per heavy atom. The lowest BCUT2D eigenvalue weighted by molar-refractivity contribution is 0.0745. The Morgan fingerprint density at radius 1 is 1.33 bits per heavy atom. The highest BCUT2D eigenvalue weighted by Crippen LogP contribution is 2.10. The zero-order valence-electron chi connectivity index (χ0n) is 11.3. The van der Waals surface area contributed by atoms with E-state index in [1.165, 1.54) is 0 Å². The number of benzene rings is 1. The first-order valence-electron chi connectivity index (χ1n) is 6.33. The van der Waals surface area contributed by atoms with Crippen LogP contribution in [0.3, 0.4) is 0 Å². The standard InChI is InChI=1S/C14H22N2O2/c1-4-9-16(14(17)18-11(2)3)10-12-5-7-13(15)8-6-12/h5-8,11H,4,9-10,15H2,1-3H3. The third kappa shape index (κ3) is 4.65. The molecule has 0 radical (unpaired) electrons. The van der Waals surface area contributed by atoms with Crippen molar-refractivity contribution < 1.29 is 9.53 Å². The molecule has 4 heteroatoms. The van der Waals surface area contributed by atoms with Gasteiger partial charge in [0, 0.05) is 18.8 Å². The summed E-state index contributed by atoms with van der Waals surface area (Å²) in [4.78, 5) is 13.6. The maximum Gasteiger partial charge on any atom is 0.410 e. The molecule has 1 aromatic rings. The number of anilines is 1. The van der Waals surface area contributed by atoms with Gasteiger partial charge in [0.25, 0.3) is 0 Å². The number of nitrogens with two attached hydrogens (primary N) is 1. The molecule has 0 aliphatic heterocycles. The first-order chi connectivity index (χ1) is 8.52. The van der Waals surface area contributed by atoms with Crippen LogP contribution in [0.2, 0.25) is 0 Å². The Labute approximate surface area is 109 Å². The summed E-state index contributed by atoms with van der Waals surface area (Å²) in [5.41, 5.74) is 7.42. The van der Waals surface area contributed by atoms with Crippen LogP contribution in [0.5, 0.6) is 0 Å². The molecule has 0 fully saturated rings. The largest absolute Gasteiger partial charge is 0.447 e. The first kappa shape index (κ1) is 14.4. The fourth-order valence-electron chi connectivity index (χ4n) is 1.62. The maximum atomic E-state index is 11.9. The number of nitrogens with zero attached hydrogens (tertiary/aromatic N) is 1. The minimum atomic E-state index is -0.260. The van der Waals surface area contributed by atoms with Crippen LogP contribution in [-0.4, -0.2) is 23.6 Å². The highest BCUT2D eigenvalue weighted by molar-refractivity contribution is 5.67. The van der Waals surface area contributed by atoms with Crippen molar-refractivity contribution in [1.82, 2.24) is 4.90 Å². The Balaban J connectivity index is 2.67. The van der Waals surface area contributed by atoms with E-state index >= 15 is 0 Å². The van der Waals surface area contributed by atoms with Crippen molar-refractivity contribution in [3.8, 4) is 0 Å². The second-order valence-corrected chi connectivity index (χ2v) is 4.60. The molecule has 0 aliphatic rings. The molecule has 0 unspecified atom stereocenters. The number of amides is 1. The average Bonchev–Trinajstić information content (AvgIpc) is 2.30. The molecule has 0 aliphatic carbocycles. The van der Waals surface area contributed by atoms with Gasteiger partial charge in [-0.2, -0.15) is 0 Å². The minimum Gasteiger partial charge on any atom is -0.447 e. The minimum absolute atomic E-state index is 0.0942. The normalized spacial score (nSPS) is 10.4. The summed E-state index contributed by atoms with van der Waals surface area (Å²) in [6.45, 7) is 6.99. The molecule has 18 heavy (non-hydrogen) atoms. The number of carbonyl (C=O) groups is 1. The van der Waals surface area contributed by atoms with E-state index in [0.717, 1.165) is 17.7 Å². The average molecular weight is 250 g/mol. The van der Waals surface area contributed by atoms with Gasteiger partial charge in [-0.15, -0.1) is 0 Å². The summed E-state index contributed by atoms with van der Waals surface area (Å²) in [7, 11) is 0. The van der Waals surface area contributed by atoms with E-state index in [1.807, 2.05) is 45.0 Å². The third-order valence-corrected chi connectivity index (χ3v) is 2.44. The summed E-state index contributed by atoms with van der Waals surface area (Å²) < 4.78 is 5.22. The lowest BCUT2D eigenvalue weighted by Gasteiger charge is -2.23. The number of ether oxygens (including phenoxy) is 1. The highest BCUT2D eigenvalue weighted by Gasteiger charge is 2.15. The summed E-state index contributed by atoms with van der Waals surface area (Å²) in [6, 6.07) is 7.54. The zero-order chi connectivity index (χ0) is 13.5. The van der Waals surface area contributed by atoms with Crippen LogP contribution in [0.25, 0.3) is 0 Å². The summed E-state index contributed by atoms with van der Waals surface area (Å²) in [5, 5.41) is 0. The lowest BCUT2D eigenvalue weighted by Crippen LogP contribution is -2.33. The van der Waals surface area contributed by atoms with Crippen molar-refractivity contribution in [3.63, 3.8) is 0 Å². The maximum absolute atomic E-state index is 11.9. The van der Waals surface area contributed by atoms with Crippen molar-refractivity contribution in [2.75, 3.05) is 12.3 Å². The molecule has 0 saturated carbocycles. The Hall–Kier alpha value is -1.71. The van der Waals surface area contributed by atoms with E-state index in [9.17, 15) is 4.79 Å². The number of hydrogen-bond acceptors (Lipinski definition) is 3. The molecular weight excluding hydrogens is 228 g/mol. The van der Waals surface area contributed by atoms with Gasteiger partial charge in [0.15, 0.2) is 0 Å². The molecule has 4 nitrogen and oxygen atoms in total. The van der Waals surface area contributed by atoms with Crippen molar-refractivity contribution in [3.05, 3.63) is 29.8 Å². The molecule has 0 saturated heterocycles. The molecule has 1 amide bonds. The van der Waals surface area contributed by atoms with E-state index < -0.39 is 0 Å². The first-order valence-corrected chi connectivity index (χ1v) is 6.33. The predicted molar refractivity (Wildman–Crippen MR) is 73.2 cm³/mol. The van der Waals surface area contributed by atoms with Crippen LogP contribution in [0.15, 0.2) is 24.3 Å². The number of rotatable bonds is 5. The SMILES string of the molecule is CCCN(Cc1ccc(N)cc1)C(=O)OC(C)C.